The van der Waals surface area contributed by atoms with Gasteiger partial charge in [-0.15, -0.1) is 0 Å². The van der Waals surface area contributed by atoms with Crippen LogP contribution in [0.5, 0.6) is 0 Å². The van der Waals surface area contributed by atoms with E-state index in [4.69, 9.17) is 19.2 Å². The quantitative estimate of drug-likeness (QED) is 0.219. The van der Waals surface area contributed by atoms with E-state index in [0.717, 1.165) is 51.4 Å². The highest BCUT2D eigenvalue weighted by atomic mass is 17.5. The van der Waals surface area contributed by atoms with Gasteiger partial charge in [-0.2, -0.15) is 9.78 Å². The molecule has 1 saturated heterocycles. The average Bonchev–Trinajstić information content (AvgIpc) is 3.35. The maximum Gasteiger partial charge on any atom is 0.512 e. The largest absolute Gasteiger partial charge is 0.512 e. The van der Waals surface area contributed by atoms with E-state index >= 15 is 0 Å². The van der Waals surface area contributed by atoms with Crippen molar-refractivity contribution in [3.8, 4) is 0 Å². The van der Waals surface area contributed by atoms with Crippen LogP contribution in [0.4, 0.5) is 4.79 Å². The van der Waals surface area contributed by atoms with Crippen LogP contribution in [0.15, 0.2) is 0 Å². The third-order valence-corrected chi connectivity index (χ3v) is 6.01. The number of hydrogen-bond donors (Lipinski definition) is 0. The second-order valence-corrected chi connectivity index (χ2v) is 8.59. The van der Waals surface area contributed by atoms with Gasteiger partial charge in [0.25, 0.3) is 0 Å². The number of unbranched alkanes of at least 4 members (excludes halogenated alkanes) is 2. The third-order valence-electron chi connectivity index (χ3n) is 6.01. The Hall–Kier alpha value is -0.810. The molecule has 5 heteroatoms. The summed E-state index contributed by atoms with van der Waals surface area (Å²) in [4.78, 5) is 23.0. The Labute approximate surface area is 160 Å². The molecule has 0 radical (unpaired) electrons. The topological polar surface area (TPSA) is 60.6 Å². The summed E-state index contributed by atoms with van der Waals surface area (Å²) in [6.07, 6.45) is 7.39. The maximum absolute atomic E-state index is 12.4. The Morgan fingerprint density at radius 1 is 1.04 bits per heavy atom. The van der Waals surface area contributed by atoms with Crippen molar-refractivity contribution in [2.75, 3.05) is 6.61 Å². The molecule has 0 amide bonds. The summed E-state index contributed by atoms with van der Waals surface area (Å²) in [6, 6.07) is 0. The van der Waals surface area contributed by atoms with Crippen molar-refractivity contribution in [2.45, 2.75) is 106 Å². The fourth-order valence-corrected chi connectivity index (χ4v) is 3.94. The summed E-state index contributed by atoms with van der Waals surface area (Å²) in [5.41, 5.74) is -0.567. The molecule has 0 N–H and O–H groups in total. The molecule has 2 unspecified atom stereocenters. The van der Waals surface area contributed by atoms with Gasteiger partial charge in [-0.25, -0.2) is 4.79 Å². The highest BCUT2D eigenvalue weighted by Crippen LogP contribution is 2.61. The molecular formula is C21H40O5. The van der Waals surface area contributed by atoms with Crippen molar-refractivity contribution >= 4 is 6.16 Å². The Morgan fingerprint density at radius 3 is 2.08 bits per heavy atom. The van der Waals surface area contributed by atoms with E-state index in [1.54, 1.807) is 0 Å². The van der Waals surface area contributed by atoms with E-state index in [1.807, 2.05) is 0 Å². The van der Waals surface area contributed by atoms with Crippen LogP contribution in [0.2, 0.25) is 0 Å². The molecule has 1 rings (SSSR count). The Balaban J connectivity index is 2.77. The minimum atomic E-state index is -1.32. The first kappa shape index (κ1) is 23.2. The second kappa shape index (κ2) is 9.93. The summed E-state index contributed by atoms with van der Waals surface area (Å²) < 4.78 is 11.0. The number of rotatable bonds is 12. The number of carbonyl (C=O) groups is 1. The monoisotopic (exact) mass is 372 g/mol. The normalized spacial score (nSPS) is 19.5. The highest BCUT2D eigenvalue weighted by molar-refractivity contribution is 5.60. The molecule has 1 fully saturated rings. The Kier molecular flexibility index (Phi) is 8.87. The summed E-state index contributed by atoms with van der Waals surface area (Å²) in [6.45, 7) is 15.4. The molecule has 1 aliphatic rings. The van der Waals surface area contributed by atoms with E-state index in [9.17, 15) is 4.79 Å². The van der Waals surface area contributed by atoms with Crippen LogP contribution < -0.4 is 0 Å². The lowest BCUT2D eigenvalue weighted by atomic mass is 9.61. The molecule has 0 aromatic carbocycles. The molecule has 1 heterocycles. The molecule has 0 saturated carbocycles. The first-order chi connectivity index (χ1) is 12.2. The van der Waals surface area contributed by atoms with E-state index in [2.05, 4.69) is 48.5 Å². The van der Waals surface area contributed by atoms with Gasteiger partial charge in [0.1, 0.15) is 0 Å². The minimum absolute atomic E-state index is 0.152. The van der Waals surface area contributed by atoms with Crippen molar-refractivity contribution in [3.63, 3.8) is 0 Å². The summed E-state index contributed by atoms with van der Waals surface area (Å²) in [5, 5.41) is 0. The molecule has 154 valence electrons. The van der Waals surface area contributed by atoms with Gasteiger partial charge in [-0.3, -0.25) is 0 Å². The molecule has 2 atom stereocenters. The van der Waals surface area contributed by atoms with Gasteiger partial charge in [-0.05, 0) is 30.6 Å². The van der Waals surface area contributed by atoms with Crippen LogP contribution in [0.1, 0.15) is 99.8 Å². The highest BCUT2D eigenvalue weighted by Gasteiger charge is 2.72. The molecule has 0 bridgehead atoms. The van der Waals surface area contributed by atoms with Crippen molar-refractivity contribution in [3.05, 3.63) is 0 Å². The average molecular weight is 373 g/mol. The van der Waals surface area contributed by atoms with Gasteiger partial charge in [0, 0.05) is 0 Å². The predicted octanol–water partition coefficient (Wildman–Crippen LogP) is 6.60. The molecule has 0 aromatic heterocycles. The van der Waals surface area contributed by atoms with Gasteiger partial charge < -0.3 is 9.47 Å². The predicted molar refractivity (Wildman–Crippen MR) is 102 cm³/mol. The van der Waals surface area contributed by atoms with Gasteiger partial charge >= 0.3 is 12.1 Å². The zero-order chi connectivity index (χ0) is 19.8. The summed E-state index contributed by atoms with van der Waals surface area (Å²) in [5.74, 6) is -0.949. The van der Waals surface area contributed by atoms with Crippen LogP contribution in [0.25, 0.3) is 0 Å². The van der Waals surface area contributed by atoms with E-state index in [1.165, 1.54) is 0 Å². The fourth-order valence-electron chi connectivity index (χ4n) is 3.94. The maximum atomic E-state index is 12.4. The zero-order valence-electron chi connectivity index (χ0n) is 18.0. The van der Waals surface area contributed by atoms with Crippen LogP contribution in [0, 0.1) is 16.7 Å². The Bertz CT molecular complexity index is 425. The van der Waals surface area contributed by atoms with Crippen LogP contribution >= 0.6 is 0 Å². The number of hydrogen-bond acceptors (Lipinski definition) is 5. The first-order valence-electron chi connectivity index (χ1n) is 10.4. The number of ether oxygens (including phenoxy) is 2. The van der Waals surface area contributed by atoms with Gasteiger partial charge in [0.15, 0.2) is 0 Å². The van der Waals surface area contributed by atoms with E-state index in [0.29, 0.717) is 12.5 Å². The lowest BCUT2D eigenvalue weighted by Crippen LogP contribution is -2.50. The van der Waals surface area contributed by atoms with E-state index in [-0.39, 0.29) is 5.41 Å². The van der Waals surface area contributed by atoms with Gasteiger partial charge in [0.05, 0.1) is 12.0 Å². The molecule has 0 spiro atoms. The molecule has 26 heavy (non-hydrogen) atoms. The number of carbonyl (C=O) groups excluding carboxylic acids is 1. The van der Waals surface area contributed by atoms with Crippen molar-refractivity contribution in [1.29, 1.82) is 0 Å². The van der Waals surface area contributed by atoms with Crippen LogP contribution in [-0.4, -0.2) is 18.7 Å². The zero-order valence-corrected chi connectivity index (χ0v) is 18.0. The van der Waals surface area contributed by atoms with Crippen LogP contribution in [0.3, 0.4) is 0 Å². The van der Waals surface area contributed by atoms with Crippen molar-refractivity contribution in [2.24, 2.45) is 16.7 Å². The molecule has 0 aromatic rings. The first-order valence-corrected chi connectivity index (χ1v) is 10.4. The lowest BCUT2D eigenvalue weighted by molar-refractivity contribution is -0.172. The lowest BCUT2D eigenvalue weighted by Gasteiger charge is -2.44. The molecular weight excluding hydrogens is 332 g/mol. The molecule has 1 aliphatic heterocycles. The summed E-state index contributed by atoms with van der Waals surface area (Å²) >= 11 is 0. The second-order valence-electron chi connectivity index (χ2n) is 8.59. The SMILES string of the molecule is CCCCC(CC)COC(=O)OC1(C(CC)(CCCC)C(C)(C)C)OO1. The fraction of sp³-hybridized carbons (Fsp3) is 0.952. The van der Waals surface area contributed by atoms with Gasteiger partial charge in [-0.1, -0.05) is 80.6 Å². The standard InChI is InChI=1S/C21H40O5/c1-8-12-14-17(10-3)16-23-18(22)24-21(25-26-21)20(11-4,15-13-9-2)19(5,6)7/h17H,8-16H2,1-7H3. The van der Waals surface area contributed by atoms with E-state index < -0.39 is 17.5 Å². The smallest absolute Gasteiger partial charge is 0.434 e. The van der Waals surface area contributed by atoms with Crippen molar-refractivity contribution in [1.82, 2.24) is 0 Å². The van der Waals surface area contributed by atoms with Gasteiger partial charge in [0.2, 0.25) is 0 Å². The Morgan fingerprint density at radius 2 is 1.65 bits per heavy atom. The molecule has 0 aliphatic carbocycles. The minimum Gasteiger partial charge on any atom is -0.434 e. The third kappa shape index (κ3) is 5.35. The molecule has 5 nitrogen and oxygen atoms in total. The summed E-state index contributed by atoms with van der Waals surface area (Å²) in [7, 11) is 0. The van der Waals surface area contributed by atoms with Crippen LogP contribution in [-0.2, 0) is 19.2 Å². The van der Waals surface area contributed by atoms with Crippen molar-refractivity contribution < 1.29 is 24.0 Å².